The molecule has 0 N–H and O–H groups in total. The lowest BCUT2D eigenvalue weighted by Gasteiger charge is -2.08. The van der Waals surface area contributed by atoms with Crippen molar-refractivity contribution in [1.82, 2.24) is 24.9 Å². The minimum atomic E-state index is 0.718. The van der Waals surface area contributed by atoms with E-state index in [1.807, 2.05) is 25.1 Å². The van der Waals surface area contributed by atoms with Crippen LogP contribution in [0.5, 0.6) is 0 Å². The standard InChI is InChI=1S/C15H17N5OS/c1-3-8-20-14(12-4-6-16-7-5-12)17-18-15(20)22-10-13-9-11(2)21-19-13/h4-7,9H,3,8,10H2,1-2H3. The van der Waals surface area contributed by atoms with Crippen molar-refractivity contribution in [3.05, 3.63) is 42.0 Å². The van der Waals surface area contributed by atoms with Gasteiger partial charge in [0.1, 0.15) is 5.76 Å². The van der Waals surface area contributed by atoms with E-state index < -0.39 is 0 Å². The topological polar surface area (TPSA) is 69.6 Å². The first-order valence-electron chi connectivity index (χ1n) is 7.16. The molecule has 0 spiro atoms. The number of rotatable bonds is 6. The van der Waals surface area contributed by atoms with Gasteiger partial charge in [0, 0.05) is 36.3 Å². The molecule has 3 aromatic heterocycles. The van der Waals surface area contributed by atoms with Crippen LogP contribution in [0.3, 0.4) is 0 Å². The Morgan fingerprint density at radius 2 is 2.05 bits per heavy atom. The van der Waals surface area contributed by atoms with E-state index in [1.165, 1.54) is 0 Å². The molecule has 0 fully saturated rings. The zero-order valence-corrected chi connectivity index (χ0v) is 13.4. The summed E-state index contributed by atoms with van der Waals surface area (Å²) in [5.41, 5.74) is 1.94. The third kappa shape index (κ3) is 3.19. The number of hydrogen-bond acceptors (Lipinski definition) is 6. The molecule has 0 aliphatic rings. The monoisotopic (exact) mass is 315 g/mol. The molecule has 114 valence electrons. The Balaban J connectivity index is 1.83. The van der Waals surface area contributed by atoms with Gasteiger partial charge in [0.15, 0.2) is 11.0 Å². The molecule has 7 heteroatoms. The van der Waals surface area contributed by atoms with E-state index in [0.29, 0.717) is 0 Å². The highest BCUT2D eigenvalue weighted by atomic mass is 32.2. The SMILES string of the molecule is CCCn1c(SCc2cc(C)on2)nnc1-c1ccncc1. The van der Waals surface area contributed by atoms with Crippen molar-refractivity contribution in [3.8, 4) is 11.4 Å². The zero-order chi connectivity index (χ0) is 15.4. The first-order chi connectivity index (χ1) is 10.8. The van der Waals surface area contributed by atoms with Crippen LogP contribution in [0.4, 0.5) is 0 Å². The Bertz CT molecular complexity index is 737. The van der Waals surface area contributed by atoms with E-state index >= 15 is 0 Å². The normalized spacial score (nSPS) is 11.0. The van der Waals surface area contributed by atoms with Gasteiger partial charge >= 0.3 is 0 Å². The average molecular weight is 315 g/mol. The van der Waals surface area contributed by atoms with Crippen LogP contribution in [-0.4, -0.2) is 24.9 Å². The molecule has 3 heterocycles. The second-order valence-electron chi connectivity index (χ2n) is 4.91. The van der Waals surface area contributed by atoms with Crippen molar-refractivity contribution in [1.29, 1.82) is 0 Å². The predicted molar refractivity (Wildman–Crippen MR) is 84.3 cm³/mol. The van der Waals surface area contributed by atoms with Gasteiger partial charge in [-0.05, 0) is 25.5 Å². The van der Waals surface area contributed by atoms with Crippen molar-refractivity contribution in [3.63, 3.8) is 0 Å². The second kappa shape index (κ2) is 6.74. The predicted octanol–water partition coefficient (Wildman–Crippen LogP) is 3.34. The van der Waals surface area contributed by atoms with Crippen molar-refractivity contribution in [2.24, 2.45) is 0 Å². The van der Waals surface area contributed by atoms with Crippen LogP contribution in [0.15, 0.2) is 40.3 Å². The van der Waals surface area contributed by atoms with Gasteiger partial charge in [-0.3, -0.25) is 4.98 Å². The summed E-state index contributed by atoms with van der Waals surface area (Å²) in [5.74, 6) is 2.42. The van der Waals surface area contributed by atoms with Crippen molar-refractivity contribution in [2.45, 2.75) is 37.7 Å². The first kappa shape index (κ1) is 14.8. The summed E-state index contributed by atoms with van der Waals surface area (Å²) < 4.78 is 7.24. The minimum Gasteiger partial charge on any atom is -0.361 e. The molecule has 6 nitrogen and oxygen atoms in total. The van der Waals surface area contributed by atoms with Crippen LogP contribution < -0.4 is 0 Å². The Morgan fingerprint density at radius 3 is 2.73 bits per heavy atom. The highest BCUT2D eigenvalue weighted by Gasteiger charge is 2.14. The van der Waals surface area contributed by atoms with Crippen LogP contribution in [0.25, 0.3) is 11.4 Å². The largest absolute Gasteiger partial charge is 0.361 e. The van der Waals surface area contributed by atoms with Crippen molar-refractivity contribution in [2.75, 3.05) is 0 Å². The third-order valence-electron chi connectivity index (χ3n) is 3.13. The van der Waals surface area contributed by atoms with Crippen molar-refractivity contribution >= 4 is 11.8 Å². The van der Waals surface area contributed by atoms with Crippen LogP contribution in [0.2, 0.25) is 0 Å². The lowest BCUT2D eigenvalue weighted by atomic mass is 10.2. The molecule has 0 unspecified atom stereocenters. The maximum absolute atomic E-state index is 5.09. The average Bonchev–Trinajstić information content (AvgIpc) is 3.13. The molecule has 0 atom stereocenters. The number of pyridine rings is 1. The van der Waals surface area contributed by atoms with E-state index in [9.17, 15) is 0 Å². The van der Waals surface area contributed by atoms with Crippen LogP contribution in [0.1, 0.15) is 24.8 Å². The highest BCUT2D eigenvalue weighted by Crippen LogP contribution is 2.26. The van der Waals surface area contributed by atoms with Crippen LogP contribution in [0, 0.1) is 6.92 Å². The molecular formula is C15H17N5OS. The minimum absolute atomic E-state index is 0.718. The van der Waals surface area contributed by atoms with Gasteiger partial charge in [0.25, 0.3) is 0 Å². The lowest BCUT2D eigenvalue weighted by molar-refractivity contribution is 0.393. The number of aryl methyl sites for hydroxylation is 1. The van der Waals surface area contributed by atoms with Gasteiger partial charge in [-0.15, -0.1) is 10.2 Å². The van der Waals surface area contributed by atoms with E-state index in [2.05, 4.69) is 31.8 Å². The Hall–Kier alpha value is -2.15. The zero-order valence-electron chi connectivity index (χ0n) is 12.6. The molecule has 0 aromatic carbocycles. The molecule has 0 bridgehead atoms. The summed E-state index contributed by atoms with van der Waals surface area (Å²) in [6, 6.07) is 5.84. The maximum Gasteiger partial charge on any atom is 0.191 e. The fourth-order valence-corrected chi connectivity index (χ4v) is 3.00. The van der Waals surface area contributed by atoms with Gasteiger partial charge < -0.3 is 9.09 Å². The fourth-order valence-electron chi connectivity index (χ4n) is 2.16. The molecule has 3 aromatic rings. The summed E-state index contributed by atoms with van der Waals surface area (Å²) in [4.78, 5) is 4.05. The van der Waals surface area contributed by atoms with E-state index in [0.717, 1.165) is 46.7 Å². The Morgan fingerprint density at radius 1 is 1.23 bits per heavy atom. The molecule has 0 amide bonds. The fraction of sp³-hybridized carbons (Fsp3) is 0.333. The molecule has 22 heavy (non-hydrogen) atoms. The Labute approximate surface area is 133 Å². The quantitative estimate of drug-likeness (QED) is 0.650. The van der Waals surface area contributed by atoms with Gasteiger partial charge in [0.05, 0.1) is 5.69 Å². The van der Waals surface area contributed by atoms with Gasteiger partial charge in [-0.2, -0.15) is 0 Å². The summed E-state index contributed by atoms with van der Waals surface area (Å²) in [6.07, 6.45) is 4.56. The van der Waals surface area contributed by atoms with Gasteiger partial charge in [-0.1, -0.05) is 23.8 Å². The summed E-state index contributed by atoms with van der Waals surface area (Å²) >= 11 is 1.62. The number of nitrogens with zero attached hydrogens (tertiary/aromatic N) is 5. The third-order valence-corrected chi connectivity index (χ3v) is 4.13. The number of hydrogen-bond donors (Lipinski definition) is 0. The number of aromatic nitrogens is 5. The maximum atomic E-state index is 5.09. The summed E-state index contributed by atoms with van der Waals surface area (Å²) in [6.45, 7) is 4.92. The molecule has 0 radical (unpaired) electrons. The van der Waals surface area contributed by atoms with Gasteiger partial charge in [0.2, 0.25) is 0 Å². The smallest absolute Gasteiger partial charge is 0.191 e. The summed E-state index contributed by atoms with van der Waals surface area (Å²) in [7, 11) is 0. The molecular weight excluding hydrogens is 298 g/mol. The Kier molecular flexibility index (Phi) is 4.53. The van der Waals surface area contributed by atoms with E-state index in [4.69, 9.17) is 4.52 Å². The second-order valence-corrected chi connectivity index (χ2v) is 5.85. The summed E-state index contributed by atoms with van der Waals surface area (Å²) in [5, 5.41) is 13.6. The van der Waals surface area contributed by atoms with E-state index in [1.54, 1.807) is 24.2 Å². The highest BCUT2D eigenvalue weighted by molar-refractivity contribution is 7.98. The van der Waals surface area contributed by atoms with Crippen LogP contribution in [-0.2, 0) is 12.3 Å². The number of thioether (sulfide) groups is 1. The van der Waals surface area contributed by atoms with E-state index in [-0.39, 0.29) is 0 Å². The van der Waals surface area contributed by atoms with Gasteiger partial charge in [-0.25, -0.2) is 0 Å². The van der Waals surface area contributed by atoms with Crippen molar-refractivity contribution < 1.29 is 4.52 Å². The molecule has 0 saturated carbocycles. The molecule has 0 aliphatic heterocycles. The molecule has 0 saturated heterocycles. The molecule has 0 aliphatic carbocycles. The lowest BCUT2D eigenvalue weighted by Crippen LogP contribution is -2.02. The molecule has 3 rings (SSSR count). The first-order valence-corrected chi connectivity index (χ1v) is 8.15. The van der Waals surface area contributed by atoms with Crippen LogP contribution >= 0.6 is 11.8 Å².